The first-order valence-electron chi connectivity index (χ1n) is 6.63. The van der Waals surface area contributed by atoms with E-state index in [1.807, 2.05) is 37.3 Å². The van der Waals surface area contributed by atoms with E-state index < -0.39 is 6.10 Å². The summed E-state index contributed by atoms with van der Waals surface area (Å²) in [5.74, 6) is 0.430. The Bertz CT molecular complexity index is 689. The van der Waals surface area contributed by atoms with Crippen LogP contribution in [0.15, 0.2) is 48.5 Å². The summed E-state index contributed by atoms with van der Waals surface area (Å²) < 4.78 is 5.66. The smallest absolute Gasteiger partial charge is 0.265 e. The molecular formula is C17H16N2O2. The number of aryl methyl sites for hydroxylation is 1. The molecule has 0 spiro atoms. The van der Waals surface area contributed by atoms with Crippen molar-refractivity contribution in [3.05, 3.63) is 59.7 Å². The summed E-state index contributed by atoms with van der Waals surface area (Å²) in [5, 5.41) is 11.6. The Morgan fingerprint density at radius 3 is 2.71 bits per heavy atom. The normalized spacial score (nSPS) is 11.3. The first-order chi connectivity index (χ1) is 10.1. The summed E-state index contributed by atoms with van der Waals surface area (Å²) in [5.41, 5.74) is 2.06. The first kappa shape index (κ1) is 14.6. The molecule has 0 aromatic heterocycles. The molecule has 0 fully saturated rings. The van der Waals surface area contributed by atoms with Crippen molar-refractivity contribution >= 4 is 11.6 Å². The molecular weight excluding hydrogens is 264 g/mol. The van der Waals surface area contributed by atoms with E-state index in [2.05, 4.69) is 5.32 Å². The van der Waals surface area contributed by atoms with Crippen LogP contribution in [0, 0.1) is 18.3 Å². The van der Waals surface area contributed by atoms with Gasteiger partial charge in [-0.3, -0.25) is 4.79 Å². The Kier molecular flexibility index (Phi) is 4.57. The molecule has 2 aromatic carbocycles. The molecule has 1 atom stereocenters. The molecule has 0 unspecified atom stereocenters. The van der Waals surface area contributed by atoms with Crippen molar-refractivity contribution in [1.82, 2.24) is 0 Å². The van der Waals surface area contributed by atoms with Crippen LogP contribution in [-0.2, 0) is 4.79 Å². The van der Waals surface area contributed by atoms with Gasteiger partial charge in [0.25, 0.3) is 5.91 Å². The fraction of sp³-hybridized carbons (Fsp3) is 0.176. The second-order valence-corrected chi connectivity index (χ2v) is 4.71. The molecule has 0 saturated heterocycles. The Morgan fingerprint density at radius 2 is 2.00 bits per heavy atom. The van der Waals surface area contributed by atoms with Gasteiger partial charge >= 0.3 is 0 Å². The average molecular weight is 280 g/mol. The number of benzene rings is 2. The summed E-state index contributed by atoms with van der Waals surface area (Å²) in [6.07, 6.45) is -0.628. The van der Waals surface area contributed by atoms with Gasteiger partial charge in [0, 0.05) is 5.69 Å². The van der Waals surface area contributed by atoms with Gasteiger partial charge < -0.3 is 10.1 Å². The van der Waals surface area contributed by atoms with Crippen LogP contribution in [0.25, 0.3) is 0 Å². The van der Waals surface area contributed by atoms with Crippen molar-refractivity contribution in [1.29, 1.82) is 5.26 Å². The standard InChI is InChI=1S/C17H16N2O2/c1-12-6-3-4-9-16(12)21-13(2)17(20)19-15-8-5-7-14(10-15)11-18/h3-10,13H,1-2H3,(H,19,20)/t13-/m1/s1. The van der Waals surface area contributed by atoms with Crippen LogP contribution in [-0.4, -0.2) is 12.0 Å². The van der Waals surface area contributed by atoms with Crippen LogP contribution in [0.4, 0.5) is 5.69 Å². The summed E-state index contributed by atoms with van der Waals surface area (Å²) in [6.45, 7) is 3.62. The van der Waals surface area contributed by atoms with E-state index in [1.54, 1.807) is 31.2 Å². The van der Waals surface area contributed by atoms with E-state index in [0.29, 0.717) is 17.0 Å². The largest absolute Gasteiger partial charge is 0.481 e. The van der Waals surface area contributed by atoms with Crippen LogP contribution in [0.3, 0.4) is 0 Å². The molecule has 2 aromatic rings. The molecule has 2 rings (SSSR count). The van der Waals surface area contributed by atoms with Crippen molar-refractivity contribution < 1.29 is 9.53 Å². The van der Waals surface area contributed by atoms with E-state index in [9.17, 15) is 4.79 Å². The lowest BCUT2D eigenvalue weighted by Gasteiger charge is -2.16. The monoisotopic (exact) mass is 280 g/mol. The van der Waals surface area contributed by atoms with Crippen molar-refractivity contribution in [2.24, 2.45) is 0 Å². The van der Waals surface area contributed by atoms with Crippen molar-refractivity contribution in [3.63, 3.8) is 0 Å². The fourth-order valence-electron chi connectivity index (χ4n) is 1.84. The Balaban J connectivity index is 2.03. The molecule has 0 radical (unpaired) electrons. The van der Waals surface area contributed by atoms with Gasteiger partial charge in [0.05, 0.1) is 11.6 Å². The highest BCUT2D eigenvalue weighted by Crippen LogP contribution is 2.18. The number of ether oxygens (including phenoxy) is 1. The van der Waals surface area contributed by atoms with E-state index in [-0.39, 0.29) is 5.91 Å². The lowest BCUT2D eigenvalue weighted by molar-refractivity contribution is -0.122. The highest BCUT2D eigenvalue weighted by Gasteiger charge is 2.15. The number of nitrogens with one attached hydrogen (secondary N) is 1. The number of amides is 1. The molecule has 106 valence electrons. The van der Waals surface area contributed by atoms with Crippen LogP contribution in [0.2, 0.25) is 0 Å². The van der Waals surface area contributed by atoms with Crippen LogP contribution >= 0.6 is 0 Å². The third kappa shape index (κ3) is 3.83. The predicted octanol–water partition coefficient (Wildman–Crippen LogP) is 3.27. The molecule has 0 aliphatic heterocycles. The topological polar surface area (TPSA) is 62.1 Å². The van der Waals surface area contributed by atoms with Gasteiger partial charge in [-0.05, 0) is 43.7 Å². The van der Waals surface area contributed by atoms with Crippen molar-refractivity contribution in [2.45, 2.75) is 20.0 Å². The van der Waals surface area contributed by atoms with Crippen LogP contribution in [0.1, 0.15) is 18.1 Å². The SMILES string of the molecule is Cc1ccccc1O[C@H](C)C(=O)Nc1cccc(C#N)c1. The van der Waals surface area contributed by atoms with Crippen LogP contribution < -0.4 is 10.1 Å². The maximum atomic E-state index is 12.1. The van der Waals surface area contributed by atoms with Crippen molar-refractivity contribution in [3.8, 4) is 11.8 Å². The molecule has 0 saturated carbocycles. The number of para-hydroxylation sites is 1. The molecule has 4 heteroatoms. The van der Waals surface area contributed by atoms with Gasteiger partial charge in [0.1, 0.15) is 5.75 Å². The third-order valence-electron chi connectivity index (χ3n) is 3.03. The average Bonchev–Trinajstić information content (AvgIpc) is 2.49. The van der Waals surface area contributed by atoms with Gasteiger partial charge in [-0.15, -0.1) is 0 Å². The fourth-order valence-corrected chi connectivity index (χ4v) is 1.84. The van der Waals surface area contributed by atoms with E-state index in [0.717, 1.165) is 5.56 Å². The summed E-state index contributed by atoms with van der Waals surface area (Å²) >= 11 is 0. The summed E-state index contributed by atoms with van der Waals surface area (Å²) in [6, 6.07) is 16.3. The number of carbonyl (C=O) groups is 1. The number of hydrogen-bond acceptors (Lipinski definition) is 3. The molecule has 0 heterocycles. The quantitative estimate of drug-likeness (QED) is 0.935. The molecule has 0 aliphatic rings. The van der Waals surface area contributed by atoms with Gasteiger partial charge in [0.15, 0.2) is 6.10 Å². The van der Waals surface area contributed by atoms with Gasteiger partial charge in [-0.25, -0.2) is 0 Å². The lowest BCUT2D eigenvalue weighted by atomic mass is 10.2. The molecule has 21 heavy (non-hydrogen) atoms. The Morgan fingerprint density at radius 1 is 1.24 bits per heavy atom. The maximum Gasteiger partial charge on any atom is 0.265 e. The van der Waals surface area contributed by atoms with Gasteiger partial charge in [-0.2, -0.15) is 5.26 Å². The van der Waals surface area contributed by atoms with Gasteiger partial charge in [-0.1, -0.05) is 24.3 Å². The third-order valence-corrected chi connectivity index (χ3v) is 3.03. The van der Waals surface area contributed by atoms with E-state index in [1.165, 1.54) is 0 Å². The number of nitriles is 1. The minimum atomic E-state index is -0.628. The Labute approximate surface area is 124 Å². The van der Waals surface area contributed by atoms with E-state index in [4.69, 9.17) is 10.00 Å². The molecule has 0 aliphatic carbocycles. The van der Waals surface area contributed by atoms with Gasteiger partial charge in [0.2, 0.25) is 0 Å². The number of nitrogens with zero attached hydrogens (tertiary/aromatic N) is 1. The summed E-state index contributed by atoms with van der Waals surface area (Å²) in [4.78, 5) is 12.1. The number of anilines is 1. The minimum Gasteiger partial charge on any atom is -0.481 e. The second-order valence-electron chi connectivity index (χ2n) is 4.71. The molecule has 1 amide bonds. The first-order valence-corrected chi connectivity index (χ1v) is 6.63. The van der Waals surface area contributed by atoms with Crippen molar-refractivity contribution in [2.75, 3.05) is 5.32 Å². The molecule has 0 bridgehead atoms. The maximum absolute atomic E-state index is 12.1. The number of carbonyl (C=O) groups excluding carboxylic acids is 1. The zero-order valence-corrected chi connectivity index (χ0v) is 12.0. The zero-order chi connectivity index (χ0) is 15.2. The number of hydrogen-bond donors (Lipinski definition) is 1. The van der Waals surface area contributed by atoms with Crippen LogP contribution in [0.5, 0.6) is 5.75 Å². The highest BCUT2D eigenvalue weighted by atomic mass is 16.5. The molecule has 4 nitrogen and oxygen atoms in total. The molecule has 1 N–H and O–H groups in total. The summed E-state index contributed by atoms with van der Waals surface area (Å²) in [7, 11) is 0. The minimum absolute atomic E-state index is 0.256. The lowest BCUT2D eigenvalue weighted by Crippen LogP contribution is -2.30. The number of rotatable bonds is 4. The zero-order valence-electron chi connectivity index (χ0n) is 12.0. The van der Waals surface area contributed by atoms with E-state index >= 15 is 0 Å². The second kappa shape index (κ2) is 6.58. The predicted molar refractivity (Wildman–Crippen MR) is 81.1 cm³/mol. The highest BCUT2D eigenvalue weighted by molar-refractivity contribution is 5.94. The Hall–Kier alpha value is -2.80.